The van der Waals surface area contributed by atoms with Crippen molar-refractivity contribution in [3.63, 3.8) is 0 Å². The molecule has 0 bridgehead atoms. The number of likely N-dealkylation sites (tertiary alicyclic amines) is 1. The Labute approximate surface area is 176 Å². The zero-order chi connectivity index (χ0) is 21.9. The van der Waals surface area contributed by atoms with E-state index in [1.54, 1.807) is 25.1 Å². The van der Waals surface area contributed by atoms with E-state index in [4.69, 9.17) is 4.84 Å². The molecule has 2 amide bonds. The summed E-state index contributed by atoms with van der Waals surface area (Å²) in [6.45, 7) is 3.31. The quantitative estimate of drug-likeness (QED) is 0.710. The second-order valence-corrected chi connectivity index (χ2v) is 8.99. The number of benzene rings is 2. The van der Waals surface area contributed by atoms with Crippen LogP contribution in [0.4, 0.5) is 5.69 Å². The molecule has 1 N–H and O–H groups in total. The number of amides is 2. The number of nitrogens with one attached hydrogen (secondary N) is 1. The maximum absolute atomic E-state index is 12.7. The molecule has 8 nitrogen and oxygen atoms in total. The lowest BCUT2D eigenvalue weighted by Crippen LogP contribution is -2.28. The number of sulfonamides is 1. The number of nitrogens with zero attached hydrogens (tertiary/aromatic N) is 2. The van der Waals surface area contributed by atoms with Crippen LogP contribution in [-0.4, -0.2) is 56.8 Å². The van der Waals surface area contributed by atoms with E-state index in [2.05, 4.69) is 5.32 Å². The van der Waals surface area contributed by atoms with Gasteiger partial charge in [-0.15, -0.1) is 0 Å². The number of anilines is 1. The van der Waals surface area contributed by atoms with E-state index in [1.165, 1.54) is 38.4 Å². The Kier molecular flexibility index (Phi) is 6.55. The number of hydrogen-bond acceptors (Lipinski definition) is 5. The van der Waals surface area contributed by atoms with Crippen molar-refractivity contribution >= 4 is 27.5 Å². The van der Waals surface area contributed by atoms with Crippen LogP contribution in [-0.2, 0) is 14.9 Å². The summed E-state index contributed by atoms with van der Waals surface area (Å²) in [5, 5.41) is 2.81. The molecule has 2 aromatic carbocycles. The summed E-state index contributed by atoms with van der Waals surface area (Å²) < 4.78 is 25.3. The Morgan fingerprint density at radius 2 is 1.70 bits per heavy atom. The summed E-state index contributed by atoms with van der Waals surface area (Å²) in [6.07, 6.45) is 2.01. The zero-order valence-electron chi connectivity index (χ0n) is 17.2. The fourth-order valence-corrected chi connectivity index (χ4v) is 4.29. The molecule has 9 heteroatoms. The van der Waals surface area contributed by atoms with Gasteiger partial charge < -0.3 is 10.2 Å². The maximum Gasteiger partial charge on any atom is 0.264 e. The second-order valence-electron chi connectivity index (χ2n) is 7.05. The first-order valence-electron chi connectivity index (χ1n) is 9.59. The summed E-state index contributed by atoms with van der Waals surface area (Å²) in [7, 11) is -1.24. The molecule has 3 rings (SSSR count). The smallest absolute Gasteiger partial charge is 0.264 e. The van der Waals surface area contributed by atoms with E-state index in [0.717, 1.165) is 30.4 Å². The molecule has 1 heterocycles. The minimum Gasteiger partial charge on any atom is -0.339 e. The standard InChI is InChI=1S/C21H25N3O5S/c1-15-18(21(26)24-13-4-5-14-24)7-6-8-19(15)22-20(25)16-9-11-17(12-10-16)30(27,28)23(2)29-3/h6-12H,4-5,13-14H2,1-3H3,(H,22,25). The van der Waals surface area contributed by atoms with Gasteiger partial charge in [-0.3, -0.25) is 14.4 Å². The molecule has 0 spiro atoms. The van der Waals surface area contributed by atoms with E-state index in [-0.39, 0.29) is 10.8 Å². The van der Waals surface area contributed by atoms with Crippen LogP contribution < -0.4 is 5.32 Å². The molecule has 0 atom stereocenters. The molecule has 160 valence electrons. The molecule has 0 saturated carbocycles. The van der Waals surface area contributed by atoms with Crippen LogP contribution >= 0.6 is 0 Å². The van der Waals surface area contributed by atoms with Gasteiger partial charge in [0.15, 0.2) is 0 Å². The highest BCUT2D eigenvalue weighted by Crippen LogP contribution is 2.23. The Balaban J connectivity index is 1.78. The number of rotatable bonds is 6. The molecule has 0 aromatic heterocycles. The van der Waals surface area contributed by atoms with Crippen molar-refractivity contribution in [2.45, 2.75) is 24.7 Å². The van der Waals surface area contributed by atoms with Crippen molar-refractivity contribution in [3.8, 4) is 0 Å². The lowest BCUT2D eigenvalue weighted by Gasteiger charge is -2.18. The van der Waals surface area contributed by atoms with Crippen molar-refractivity contribution in [1.29, 1.82) is 0 Å². The predicted octanol–water partition coefficient (Wildman–Crippen LogP) is 2.67. The number of hydroxylamine groups is 1. The summed E-state index contributed by atoms with van der Waals surface area (Å²) >= 11 is 0. The van der Waals surface area contributed by atoms with E-state index in [0.29, 0.717) is 22.4 Å². The fraction of sp³-hybridized carbons (Fsp3) is 0.333. The first-order chi connectivity index (χ1) is 14.3. The van der Waals surface area contributed by atoms with Gasteiger partial charge in [-0.05, 0) is 61.7 Å². The SMILES string of the molecule is CON(C)S(=O)(=O)c1ccc(C(=O)Nc2cccc(C(=O)N3CCCC3)c2C)cc1. The predicted molar refractivity (Wildman–Crippen MR) is 113 cm³/mol. The Morgan fingerprint density at radius 1 is 1.07 bits per heavy atom. The van der Waals surface area contributed by atoms with Crippen molar-refractivity contribution < 1.29 is 22.8 Å². The van der Waals surface area contributed by atoms with Gasteiger partial charge in [0, 0.05) is 37.0 Å². The van der Waals surface area contributed by atoms with Crippen molar-refractivity contribution in [3.05, 3.63) is 59.2 Å². The van der Waals surface area contributed by atoms with Gasteiger partial charge in [0.05, 0.1) is 12.0 Å². The normalized spacial score (nSPS) is 14.2. The summed E-state index contributed by atoms with van der Waals surface area (Å²) in [5.74, 6) is -0.425. The summed E-state index contributed by atoms with van der Waals surface area (Å²) in [5.41, 5.74) is 2.10. The molecule has 1 aliphatic heterocycles. The largest absolute Gasteiger partial charge is 0.339 e. The first-order valence-corrected chi connectivity index (χ1v) is 11.0. The van der Waals surface area contributed by atoms with Gasteiger partial charge in [0.25, 0.3) is 21.8 Å². The monoisotopic (exact) mass is 431 g/mol. The minimum absolute atomic E-state index is 0.0118. The summed E-state index contributed by atoms with van der Waals surface area (Å²) in [4.78, 5) is 32.0. The minimum atomic E-state index is -3.78. The average molecular weight is 432 g/mol. The van der Waals surface area contributed by atoms with Gasteiger partial charge in [0.1, 0.15) is 0 Å². The molecule has 0 unspecified atom stereocenters. The van der Waals surface area contributed by atoms with Gasteiger partial charge in [-0.1, -0.05) is 10.5 Å². The van der Waals surface area contributed by atoms with Gasteiger partial charge in [-0.25, -0.2) is 8.42 Å². The lowest BCUT2D eigenvalue weighted by atomic mass is 10.0. The maximum atomic E-state index is 12.7. The van der Waals surface area contributed by atoms with Crippen LogP contribution in [0, 0.1) is 6.92 Å². The number of hydrogen-bond donors (Lipinski definition) is 1. The molecule has 1 fully saturated rings. The zero-order valence-corrected chi connectivity index (χ0v) is 18.0. The van der Waals surface area contributed by atoms with E-state index in [1.807, 2.05) is 4.90 Å². The topological polar surface area (TPSA) is 96.0 Å². The number of carbonyl (C=O) groups is 2. The average Bonchev–Trinajstić information content (AvgIpc) is 3.29. The van der Waals surface area contributed by atoms with Crippen LogP contribution in [0.2, 0.25) is 0 Å². The fourth-order valence-electron chi connectivity index (χ4n) is 3.31. The highest BCUT2D eigenvalue weighted by Gasteiger charge is 2.23. The Bertz CT molecular complexity index is 1040. The number of carbonyl (C=O) groups excluding carboxylic acids is 2. The Morgan fingerprint density at radius 3 is 2.30 bits per heavy atom. The second kappa shape index (κ2) is 8.95. The van der Waals surface area contributed by atoms with Crippen LogP contribution in [0.1, 0.15) is 39.1 Å². The van der Waals surface area contributed by atoms with Gasteiger partial charge in [0.2, 0.25) is 0 Å². The van der Waals surface area contributed by atoms with E-state index < -0.39 is 15.9 Å². The molecule has 30 heavy (non-hydrogen) atoms. The molecule has 0 radical (unpaired) electrons. The van der Waals surface area contributed by atoms with Crippen LogP contribution in [0.5, 0.6) is 0 Å². The van der Waals surface area contributed by atoms with Crippen LogP contribution in [0.3, 0.4) is 0 Å². The first kappa shape index (κ1) is 21.9. The molecule has 2 aromatic rings. The third-order valence-electron chi connectivity index (χ3n) is 5.22. The highest BCUT2D eigenvalue weighted by atomic mass is 32.2. The highest BCUT2D eigenvalue weighted by molar-refractivity contribution is 7.89. The van der Waals surface area contributed by atoms with Crippen LogP contribution in [0.25, 0.3) is 0 Å². The molecule has 0 aliphatic carbocycles. The van der Waals surface area contributed by atoms with Gasteiger partial charge in [-0.2, -0.15) is 0 Å². The van der Waals surface area contributed by atoms with E-state index in [9.17, 15) is 18.0 Å². The van der Waals surface area contributed by atoms with Crippen molar-refractivity contribution in [2.24, 2.45) is 0 Å². The molecular weight excluding hydrogens is 406 g/mol. The molecule has 1 aliphatic rings. The third-order valence-corrected chi connectivity index (χ3v) is 6.91. The summed E-state index contributed by atoms with van der Waals surface area (Å²) in [6, 6.07) is 10.8. The van der Waals surface area contributed by atoms with Crippen molar-refractivity contribution in [1.82, 2.24) is 9.37 Å². The third kappa shape index (κ3) is 4.38. The lowest BCUT2D eigenvalue weighted by molar-refractivity contribution is -0.0258. The van der Waals surface area contributed by atoms with Crippen LogP contribution in [0.15, 0.2) is 47.4 Å². The van der Waals surface area contributed by atoms with Gasteiger partial charge >= 0.3 is 0 Å². The molecular formula is C21H25N3O5S. The van der Waals surface area contributed by atoms with E-state index >= 15 is 0 Å². The molecule has 1 saturated heterocycles. The Hall–Kier alpha value is -2.75. The van der Waals surface area contributed by atoms with Crippen molar-refractivity contribution in [2.75, 3.05) is 32.6 Å².